The molecule has 0 bridgehead atoms. The van der Waals surface area contributed by atoms with Crippen LogP contribution in [-0.4, -0.2) is 16.0 Å². The van der Waals surface area contributed by atoms with Crippen LogP contribution in [0.25, 0.3) is 61.2 Å². The molecule has 1 unspecified atom stereocenters. The zero-order valence-electron chi connectivity index (χ0n) is 32.5. The molecule has 7 aromatic rings. The number of imidazole rings is 1. The van der Waals surface area contributed by atoms with Gasteiger partial charge < -0.3 is 9.83 Å². The van der Waals surface area contributed by atoms with E-state index in [1.54, 1.807) is 6.08 Å². The minimum Gasteiger partial charge on any atom is -0.455 e. The van der Waals surface area contributed by atoms with E-state index in [4.69, 9.17) is 22.5 Å². The maximum absolute atomic E-state index is 8.66. The van der Waals surface area contributed by atoms with Gasteiger partial charge in [-0.1, -0.05) is 132 Å². The summed E-state index contributed by atoms with van der Waals surface area (Å²) in [5.41, 5.74) is 11.4. The van der Waals surface area contributed by atoms with Crippen molar-refractivity contribution in [3.8, 4) is 28.2 Å². The molecule has 54 heavy (non-hydrogen) atoms. The summed E-state index contributed by atoms with van der Waals surface area (Å²) in [6, 6.07) is 39.3. The molecule has 0 aliphatic heterocycles. The number of hydrogen-bond donors (Lipinski definition) is 2. The highest BCUT2D eigenvalue weighted by Gasteiger charge is 2.35. The maximum Gasteiger partial charge on any atom is 0.299 e. The second-order valence-corrected chi connectivity index (χ2v) is 16.2. The second kappa shape index (κ2) is 14.9. The molecule has 2 aromatic heterocycles. The number of fused-ring (bicyclic) bond motifs is 4. The lowest BCUT2D eigenvalue weighted by molar-refractivity contribution is -0.633. The van der Waals surface area contributed by atoms with Crippen molar-refractivity contribution in [3.05, 3.63) is 145 Å². The van der Waals surface area contributed by atoms with E-state index >= 15 is 0 Å². The van der Waals surface area contributed by atoms with Gasteiger partial charge in [0.1, 0.15) is 16.8 Å². The average molecular weight is 731 g/mol. The fourth-order valence-electron chi connectivity index (χ4n) is 8.07. The normalized spacial score (nSPS) is 13.9. The summed E-state index contributed by atoms with van der Waals surface area (Å²) >= 11 is 4.75. The molecule has 5 aromatic carbocycles. The van der Waals surface area contributed by atoms with E-state index in [9.17, 15) is 0 Å². The molecule has 0 aliphatic rings. The molecule has 5 heteroatoms. The highest BCUT2D eigenvalue weighted by molar-refractivity contribution is 7.80. The standard InChI is InChI=1S/C49H51N3OS/c1-8-44(50)49(6,9-2)36(32-54)22-14-13-21-34-27-29-38-37-23-15-18-26-43(37)53-46(38)45(34)47-51(7)41-24-16-17-25-42(41)52(47)40-30-28-35(48(3,4)5)31-39(40)33-19-11-10-12-20-33/h8,10-20,23-31,36,50H,1,9,21-22,32H2,2-7H3/p+1/b14-13+,50-44?/t36?,49-/m0/s1. The number of para-hydroxylation sites is 3. The van der Waals surface area contributed by atoms with E-state index in [0.29, 0.717) is 11.5 Å². The van der Waals surface area contributed by atoms with Crippen molar-refractivity contribution in [1.29, 1.82) is 5.41 Å². The molecular weight excluding hydrogens is 679 g/mol. The van der Waals surface area contributed by atoms with Crippen molar-refractivity contribution in [2.75, 3.05) is 5.75 Å². The van der Waals surface area contributed by atoms with Gasteiger partial charge in [-0.3, -0.25) is 0 Å². The Morgan fingerprint density at radius 3 is 2.33 bits per heavy atom. The number of allylic oxidation sites excluding steroid dienone is 3. The lowest BCUT2D eigenvalue weighted by Crippen LogP contribution is -2.35. The molecule has 0 aliphatic carbocycles. The maximum atomic E-state index is 8.66. The molecule has 4 nitrogen and oxygen atoms in total. The number of thiol groups is 1. The summed E-state index contributed by atoms with van der Waals surface area (Å²) in [5, 5.41) is 10.9. The molecule has 1 N–H and O–H groups in total. The summed E-state index contributed by atoms with van der Waals surface area (Å²) < 4.78 is 11.6. The number of aryl methyl sites for hydroxylation is 1. The number of nitrogens with zero attached hydrogens (tertiary/aromatic N) is 2. The molecule has 7 rings (SSSR count). The van der Waals surface area contributed by atoms with E-state index in [1.165, 1.54) is 22.3 Å². The Kier molecular flexibility index (Phi) is 10.3. The Bertz CT molecular complexity index is 2530. The number of hydrogen-bond acceptors (Lipinski definition) is 3. The summed E-state index contributed by atoms with van der Waals surface area (Å²) in [6.07, 6.45) is 8.69. The lowest BCUT2D eigenvalue weighted by atomic mass is 9.70. The molecule has 274 valence electrons. The minimum absolute atomic E-state index is 0.0137. The van der Waals surface area contributed by atoms with Crippen LogP contribution in [0.15, 0.2) is 138 Å². The smallest absolute Gasteiger partial charge is 0.299 e. The van der Waals surface area contributed by atoms with Crippen LogP contribution >= 0.6 is 12.6 Å². The number of benzene rings is 5. The van der Waals surface area contributed by atoms with Crippen molar-refractivity contribution < 1.29 is 8.98 Å². The average Bonchev–Trinajstić information content (AvgIpc) is 3.71. The zero-order valence-corrected chi connectivity index (χ0v) is 33.4. The third-order valence-electron chi connectivity index (χ3n) is 11.7. The topological polar surface area (TPSA) is 45.8 Å². The van der Waals surface area contributed by atoms with Crippen molar-refractivity contribution in [1.82, 2.24) is 4.57 Å². The molecule has 0 fully saturated rings. The molecular formula is C49H52N3OS+. The van der Waals surface area contributed by atoms with E-state index in [0.717, 1.165) is 69.3 Å². The fraction of sp³-hybridized carbons (Fsp3) is 0.265. The van der Waals surface area contributed by atoms with Gasteiger partial charge in [0.2, 0.25) is 0 Å². The van der Waals surface area contributed by atoms with Crippen molar-refractivity contribution >= 4 is 51.3 Å². The summed E-state index contributed by atoms with van der Waals surface area (Å²) in [4.78, 5) is 0. The third kappa shape index (κ3) is 6.53. The first-order valence-corrected chi connectivity index (χ1v) is 19.8. The molecule has 0 spiro atoms. The Balaban J connectivity index is 1.47. The van der Waals surface area contributed by atoms with Crippen LogP contribution in [0.5, 0.6) is 0 Å². The SMILES string of the molecule is C=CC(=N)[C@@](C)(CC)C(CS)C/C=C/Cc1ccc2c(oc3ccccc32)c1-c1n(-c2ccc(C(C)(C)C)cc2-c2ccccc2)c2ccccc2[n+]1C. The monoisotopic (exact) mass is 730 g/mol. The molecule has 2 heterocycles. The van der Waals surface area contributed by atoms with Crippen molar-refractivity contribution in [3.63, 3.8) is 0 Å². The van der Waals surface area contributed by atoms with Gasteiger partial charge in [0, 0.05) is 27.5 Å². The summed E-state index contributed by atoms with van der Waals surface area (Å²) in [6.45, 7) is 15.1. The van der Waals surface area contributed by atoms with Gasteiger partial charge in [0.05, 0.1) is 7.05 Å². The Morgan fingerprint density at radius 1 is 0.889 bits per heavy atom. The molecule has 0 saturated carbocycles. The van der Waals surface area contributed by atoms with E-state index in [-0.39, 0.29) is 16.7 Å². The number of rotatable bonds is 12. The Labute approximate surface area is 325 Å². The van der Waals surface area contributed by atoms with E-state index in [2.05, 4.69) is 173 Å². The lowest BCUT2D eigenvalue weighted by Gasteiger charge is -2.35. The second-order valence-electron chi connectivity index (χ2n) is 15.8. The van der Waals surface area contributed by atoms with Crippen LogP contribution < -0.4 is 4.57 Å². The highest BCUT2D eigenvalue weighted by atomic mass is 32.1. The Morgan fingerprint density at radius 2 is 1.61 bits per heavy atom. The minimum atomic E-state index is -0.278. The third-order valence-corrected chi connectivity index (χ3v) is 12.1. The largest absolute Gasteiger partial charge is 0.455 e. The van der Waals surface area contributed by atoms with Crippen LogP contribution in [0.4, 0.5) is 0 Å². The van der Waals surface area contributed by atoms with Gasteiger partial charge in [0.25, 0.3) is 5.82 Å². The number of nitrogens with one attached hydrogen (secondary N) is 1. The van der Waals surface area contributed by atoms with E-state index < -0.39 is 0 Å². The van der Waals surface area contributed by atoms with Crippen LogP contribution in [0.1, 0.15) is 58.6 Å². The van der Waals surface area contributed by atoms with Crippen LogP contribution in [-0.2, 0) is 18.9 Å². The molecule has 2 atom stereocenters. The van der Waals surface area contributed by atoms with Crippen LogP contribution in [0.3, 0.4) is 0 Å². The van der Waals surface area contributed by atoms with Gasteiger partial charge in [-0.2, -0.15) is 17.2 Å². The number of aromatic nitrogens is 2. The van der Waals surface area contributed by atoms with Crippen molar-refractivity contribution in [2.45, 2.75) is 59.3 Å². The zero-order chi connectivity index (χ0) is 38.2. The van der Waals surface area contributed by atoms with Crippen molar-refractivity contribution in [2.24, 2.45) is 18.4 Å². The molecule has 0 amide bonds. The number of furan rings is 1. The van der Waals surface area contributed by atoms with Gasteiger partial charge in [-0.05, 0) is 89.4 Å². The summed E-state index contributed by atoms with van der Waals surface area (Å²) in [7, 11) is 2.18. The van der Waals surface area contributed by atoms with Crippen LogP contribution in [0, 0.1) is 16.7 Å². The van der Waals surface area contributed by atoms with Gasteiger partial charge >= 0.3 is 0 Å². The van der Waals surface area contributed by atoms with Crippen LogP contribution in [0.2, 0.25) is 0 Å². The first kappa shape index (κ1) is 37.2. The first-order valence-electron chi connectivity index (χ1n) is 19.1. The summed E-state index contributed by atoms with van der Waals surface area (Å²) in [5.74, 6) is 1.99. The quantitative estimate of drug-likeness (QED) is 0.0559. The van der Waals surface area contributed by atoms with E-state index in [1.807, 2.05) is 6.07 Å². The first-order chi connectivity index (χ1) is 26.0. The molecule has 0 radical (unpaired) electrons. The van der Waals surface area contributed by atoms with Gasteiger partial charge in [-0.15, -0.1) is 0 Å². The fourth-order valence-corrected chi connectivity index (χ4v) is 8.62. The Hall–Kier alpha value is -5.13. The predicted octanol–water partition coefficient (Wildman–Crippen LogP) is 12.6. The highest BCUT2D eigenvalue weighted by Crippen LogP contribution is 2.42. The van der Waals surface area contributed by atoms with Gasteiger partial charge in [0.15, 0.2) is 16.6 Å². The predicted molar refractivity (Wildman–Crippen MR) is 232 cm³/mol. The van der Waals surface area contributed by atoms with Gasteiger partial charge in [-0.25, -0.2) is 4.57 Å². The molecule has 0 saturated heterocycles.